The van der Waals surface area contributed by atoms with Gasteiger partial charge in [0.25, 0.3) is 0 Å². The van der Waals surface area contributed by atoms with E-state index in [-0.39, 0.29) is 58.9 Å². The van der Waals surface area contributed by atoms with Gasteiger partial charge in [0.1, 0.15) is 0 Å². The van der Waals surface area contributed by atoms with Gasteiger partial charge in [-0.05, 0) is 30.8 Å². The number of hydrogen-bond donors (Lipinski definition) is 0. The molecule has 0 radical (unpaired) electrons. The fraction of sp³-hybridized carbons (Fsp3) is 0.529. The fourth-order valence-corrected chi connectivity index (χ4v) is 3.98. The maximum Gasteiger partial charge on any atom is 4.00 e. The van der Waals surface area contributed by atoms with Crippen LogP contribution in [0.25, 0.3) is 0 Å². The Morgan fingerprint density at radius 2 is 1.86 bits per heavy atom. The molecule has 114 valence electrons. The van der Waals surface area contributed by atoms with Crippen LogP contribution in [0.15, 0.2) is 40.0 Å². The Morgan fingerprint density at radius 1 is 1.19 bits per heavy atom. The summed E-state index contributed by atoms with van der Waals surface area (Å²) in [5.41, 5.74) is 8.17. The molecule has 4 heteroatoms. The second kappa shape index (κ2) is 8.99. The van der Waals surface area contributed by atoms with Gasteiger partial charge in [-0.3, -0.25) is 6.08 Å². The first-order valence-electron chi connectivity index (χ1n) is 6.90. The molecule has 1 unspecified atom stereocenters. The van der Waals surface area contributed by atoms with Crippen LogP contribution in [0.2, 0.25) is 0 Å². The molecular formula is C17H21Cl3Ti. The van der Waals surface area contributed by atoms with E-state index < -0.39 is 0 Å². The van der Waals surface area contributed by atoms with Gasteiger partial charge in [-0.1, -0.05) is 37.5 Å². The van der Waals surface area contributed by atoms with Gasteiger partial charge in [0.2, 0.25) is 0 Å². The Bertz CT molecular complexity index is 500. The molecule has 0 saturated carbocycles. The van der Waals surface area contributed by atoms with Crippen molar-refractivity contribution in [2.24, 2.45) is 5.41 Å². The molecule has 0 aromatic heterocycles. The van der Waals surface area contributed by atoms with Gasteiger partial charge in [0, 0.05) is 0 Å². The minimum absolute atomic E-state index is 0. The molecule has 3 aliphatic carbocycles. The fourth-order valence-electron chi connectivity index (χ4n) is 3.98. The first-order chi connectivity index (χ1) is 8.20. The van der Waals surface area contributed by atoms with E-state index in [1.807, 2.05) is 0 Å². The van der Waals surface area contributed by atoms with Crippen molar-refractivity contribution < 1.29 is 58.9 Å². The molecule has 1 atom stereocenters. The van der Waals surface area contributed by atoms with Crippen LogP contribution in [0, 0.1) is 11.5 Å². The van der Waals surface area contributed by atoms with Crippen molar-refractivity contribution in [2.75, 3.05) is 0 Å². The maximum atomic E-state index is 3.65. The molecule has 0 N–H and O–H groups in total. The second-order valence-electron chi connectivity index (χ2n) is 5.68. The summed E-state index contributed by atoms with van der Waals surface area (Å²) in [6.07, 6.45) is 14.5. The van der Waals surface area contributed by atoms with Crippen molar-refractivity contribution >= 4 is 0 Å². The molecule has 21 heavy (non-hydrogen) atoms. The Balaban J connectivity index is 0. The van der Waals surface area contributed by atoms with Crippen LogP contribution in [-0.4, -0.2) is 0 Å². The van der Waals surface area contributed by atoms with Gasteiger partial charge in [-0.25, -0.2) is 5.57 Å². The van der Waals surface area contributed by atoms with Crippen LogP contribution in [-0.2, 0) is 21.7 Å². The van der Waals surface area contributed by atoms with Crippen molar-refractivity contribution in [3.8, 4) is 0 Å². The van der Waals surface area contributed by atoms with Crippen LogP contribution >= 0.6 is 0 Å². The molecule has 0 heterocycles. The van der Waals surface area contributed by atoms with Gasteiger partial charge >= 0.3 is 21.7 Å². The van der Waals surface area contributed by atoms with E-state index in [9.17, 15) is 0 Å². The predicted molar refractivity (Wildman–Crippen MR) is 72.5 cm³/mol. The van der Waals surface area contributed by atoms with Crippen molar-refractivity contribution in [1.82, 2.24) is 0 Å². The second-order valence-corrected chi connectivity index (χ2v) is 5.68. The summed E-state index contributed by atoms with van der Waals surface area (Å²) in [6, 6.07) is 0. The molecule has 0 nitrogen and oxygen atoms in total. The summed E-state index contributed by atoms with van der Waals surface area (Å²) in [4.78, 5) is 0. The molecule has 0 aromatic carbocycles. The summed E-state index contributed by atoms with van der Waals surface area (Å²) in [6.45, 7) is 6.88. The van der Waals surface area contributed by atoms with E-state index >= 15 is 0 Å². The van der Waals surface area contributed by atoms with Gasteiger partial charge in [-0.2, -0.15) is 5.57 Å². The molecular weight excluding hydrogens is 358 g/mol. The van der Waals surface area contributed by atoms with E-state index in [0.717, 1.165) is 6.42 Å². The van der Waals surface area contributed by atoms with Crippen molar-refractivity contribution in [3.63, 3.8) is 0 Å². The minimum Gasteiger partial charge on any atom is -1.00 e. The Hall–Kier alpha value is 0.544. The zero-order chi connectivity index (χ0) is 12.0. The van der Waals surface area contributed by atoms with E-state index in [0.29, 0.717) is 5.41 Å². The molecule has 0 spiro atoms. The first-order valence-corrected chi connectivity index (χ1v) is 6.90. The van der Waals surface area contributed by atoms with Crippen LogP contribution in [0.4, 0.5) is 0 Å². The standard InChI is InChI=1S/C17H21.3ClH.Ti/c1-4-5-10-17-11-6-7-12(2)16(17)14-8-9-15(17)13(14)3;;;;/h6-7H,4-5,8,10-11H2,1-3H3;3*1H;/q-1;;;;+4/p-3. The van der Waals surface area contributed by atoms with Gasteiger partial charge in [-0.15, -0.1) is 18.9 Å². The number of unbranched alkanes of at least 4 members (excludes halogenated alkanes) is 1. The normalized spacial score (nSPS) is 24.4. The SMILES string of the molecule is CCCCC12CC=CC(C)=C1C1=C(C)C2=[C-]C1.[Cl-].[Cl-].[Cl-].[Ti+4]. The molecule has 3 aliphatic rings. The number of allylic oxidation sites excluding steroid dienone is 8. The number of rotatable bonds is 3. The average Bonchev–Trinajstić information content (AvgIpc) is 2.80. The van der Waals surface area contributed by atoms with Gasteiger partial charge in [0.05, 0.1) is 0 Å². The van der Waals surface area contributed by atoms with E-state index in [1.165, 1.54) is 31.3 Å². The minimum atomic E-state index is 0. The first kappa shape index (κ1) is 23.8. The summed E-state index contributed by atoms with van der Waals surface area (Å²) >= 11 is 0. The van der Waals surface area contributed by atoms with Crippen molar-refractivity contribution in [3.05, 3.63) is 46.1 Å². The molecule has 0 aliphatic heterocycles. The number of hydrogen-bond acceptors (Lipinski definition) is 0. The maximum absolute atomic E-state index is 3.65. The quantitative estimate of drug-likeness (QED) is 0.346. The van der Waals surface area contributed by atoms with E-state index in [4.69, 9.17) is 0 Å². The summed E-state index contributed by atoms with van der Waals surface area (Å²) in [7, 11) is 0. The van der Waals surface area contributed by atoms with Crippen LogP contribution in [0.1, 0.15) is 52.9 Å². The van der Waals surface area contributed by atoms with Gasteiger partial charge < -0.3 is 37.2 Å². The van der Waals surface area contributed by atoms with Crippen LogP contribution < -0.4 is 37.2 Å². The van der Waals surface area contributed by atoms with Crippen molar-refractivity contribution in [1.29, 1.82) is 0 Å². The molecule has 0 saturated heterocycles. The average molecular weight is 380 g/mol. The zero-order valence-electron chi connectivity index (χ0n) is 12.8. The summed E-state index contributed by atoms with van der Waals surface area (Å²) in [5.74, 6) is 0. The molecule has 0 aromatic rings. The Kier molecular flexibility index (Phi) is 10.2. The summed E-state index contributed by atoms with van der Waals surface area (Å²) in [5, 5.41) is 0. The Labute approximate surface area is 162 Å². The molecule has 3 rings (SSSR count). The third-order valence-electron chi connectivity index (χ3n) is 4.71. The Morgan fingerprint density at radius 3 is 2.48 bits per heavy atom. The molecule has 0 fully saturated rings. The topological polar surface area (TPSA) is 0 Å². The van der Waals surface area contributed by atoms with E-state index in [1.54, 1.807) is 22.3 Å². The predicted octanol–water partition coefficient (Wildman–Crippen LogP) is -4.09. The third kappa shape index (κ3) is 3.41. The number of halogens is 3. The smallest absolute Gasteiger partial charge is 1.00 e. The van der Waals surface area contributed by atoms with Crippen molar-refractivity contribution in [2.45, 2.75) is 52.9 Å². The van der Waals surface area contributed by atoms with Gasteiger partial charge in [0.15, 0.2) is 0 Å². The zero-order valence-corrected chi connectivity index (χ0v) is 16.7. The monoisotopic (exact) mass is 378 g/mol. The number of fused-ring (bicyclic) bond motifs is 4. The molecule has 0 amide bonds. The van der Waals surface area contributed by atoms with Crippen LogP contribution in [0.5, 0.6) is 0 Å². The molecule has 2 bridgehead atoms. The third-order valence-corrected chi connectivity index (χ3v) is 4.71. The van der Waals surface area contributed by atoms with E-state index in [2.05, 4.69) is 39.0 Å². The van der Waals surface area contributed by atoms with Crippen LogP contribution in [0.3, 0.4) is 0 Å². The summed E-state index contributed by atoms with van der Waals surface area (Å²) < 4.78 is 0. The largest absolute Gasteiger partial charge is 4.00 e.